The zero-order valence-corrected chi connectivity index (χ0v) is 12.4. The summed E-state index contributed by atoms with van der Waals surface area (Å²) in [6, 6.07) is 0.534. The minimum atomic E-state index is 0.388. The van der Waals surface area contributed by atoms with Crippen LogP contribution in [-0.4, -0.2) is 25.3 Å². The molecule has 1 rings (SSSR count). The van der Waals surface area contributed by atoms with Crippen LogP contribution in [0.25, 0.3) is 0 Å². The molecule has 0 aromatic heterocycles. The Hall–Kier alpha value is -0.0800. The number of nitrogens with one attached hydrogen (secondary N) is 1. The van der Waals surface area contributed by atoms with Crippen LogP contribution in [-0.2, 0) is 4.74 Å². The standard InChI is InChI=1S/C15H31NO/c1-6-16-14-13(9-10-15(14,4)5)17-11-7-8-12(2)3/h12-14,16H,6-11H2,1-5H3. The lowest BCUT2D eigenvalue weighted by Gasteiger charge is -2.31. The average molecular weight is 241 g/mol. The number of rotatable bonds is 7. The van der Waals surface area contributed by atoms with Crippen molar-refractivity contribution < 1.29 is 4.74 Å². The van der Waals surface area contributed by atoms with E-state index in [1.54, 1.807) is 0 Å². The summed E-state index contributed by atoms with van der Waals surface area (Å²) < 4.78 is 6.09. The van der Waals surface area contributed by atoms with Gasteiger partial charge in [-0.2, -0.15) is 0 Å². The molecule has 0 aliphatic heterocycles. The Morgan fingerprint density at radius 1 is 1.35 bits per heavy atom. The predicted octanol–water partition coefficient (Wildman–Crippen LogP) is 3.61. The molecule has 1 aliphatic rings. The fourth-order valence-corrected chi connectivity index (χ4v) is 2.87. The summed E-state index contributed by atoms with van der Waals surface area (Å²) in [5.41, 5.74) is 0.388. The van der Waals surface area contributed by atoms with Crippen LogP contribution in [0, 0.1) is 11.3 Å². The molecule has 1 saturated carbocycles. The minimum absolute atomic E-state index is 0.388. The lowest BCUT2D eigenvalue weighted by molar-refractivity contribution is 0.0242. The molecule has 0 aromatic carbocycles. The van der Waals surface area contributed by atoms with E-state index in [-0.39, 0.29) is 0 Å². The van der Waals surface area contributed by atoms with Crippen LogP contribution in [0.1, 0.15) is 60.3 Å². The molecule has 0 aromatic rings. The normalized spacial score (nSPS) is 27.9. The fourth-order valence-electron chi connectivity index (χ4n) is 2.87. The van der Waals surface area contributed by atoms with Gasteiger partial charge in [0.2, 0.25) is 0 Å². The molecule has 0 radical (unpaired) electrons. The van der Waals surface area contributed by atoms with Crippen molar-refractivity contribution in [3.63, 3.8) is 0 Å². The van der Waals surface area contributed by atoms with Gasteiger partial charge in [0, 0.05) is 12.6 Å². The second kappa shape index (κ2) is 6.75. The van der Waals surface area contributed by atoms with E-state index in [0.29, 0.717) is 17.6 Å². The Labute approximate surface area is 108 Å². The Morgan fingerprint density at radius 3 is 2.65 bits per heavy atom. The maximum absolute atomic E-state index is 6.09. The fraction of sp³-hybridized carbons (Fsp3) is 1.00. The van der Waals surface area contributed by atoms with E-state index >= 15 is 0 Å². The van der Waals surface area contributed by atoms with Crippen LogP contribution in [0.15, 0.2) is 0 Å². The van der Waals surface area contributed by atoms with E-state index in [1.807, 2.05) is 0 Å². The smallest absolute Gasteiger partial charge is 0.0733 e. The molecule has 17 heavy (non-hydrogen) atoms. The summed E-state index contributed by atoms with van der Waals surface area (Å²) in [6.07, 6.45) is 5.40. The summed E-state index contributed by atoms with van der Waals surface area (Å²) in [7, 11) is 0. The molecular weight excluding hydrogens is 210 g/mol. The van der Waals surface area contributed by atoms with Crippen LogP contribution in [0.4, 0.5) is 0 Å². The third-order valence-corrected chi connectivity index (χ3v) is 3.97. The van der Waals surface area contributed by atoms with Crippen LogP contribution < -0.4 is 5.32 Å². The number of likely N-dealkylation sites (N-methyl/N-ethyl adjacent to an activating group) is 1. The molecule has 0 saturated heterocycles. The Kier molecular flexibility index (Phi) is 5.94. The molecule has 0 amide bonds. The molecule has 2 atom stereocenters. The highest BCUT2D eigenvalue weighted by Crippen LogP contribution is 2.39. The molecule has 2 heteroatoms. The van der Waals surface area contributed by atoms with Gasteiger partial charge in [-0.1, -0.05) is 34.6 Å². The highest BCUT2D eigenvalue weighted by molar-refractivity contribution is 4.97. The van der Waals surface area contributed by atoms with Gasteiger partial charge in [-0.3, -0.25) is 0 Å². The minimum Gasteiger partial charge on any atom is -0.377 e. The van der Waals surface area contributed by atoms with Gasteiger partial charge in [-0.25, -0.2) is 0 Å². The zero-order chi connectivity index (χ0) is 12.9. The Bertz CT molecular complexity index is 213. The van der Waals surface area contributed by atoms with Gasteiger partial charge in [-0.15, -0.1) is 0 Å². The van der Waals surface area contributed by atoms with Gasteiger partial charge in [0.25, 0.3) is 0 Å². The summed E-state index contributed by atoms with van der Waals surface area (Å²) in [5, 5.41) is 3.61. The van der Waals surface area contributed by atoms with Crippen molar-refractivity contribution in [3.05, 3.63) is 0 Å². The number of ether oxygens (including phenoxy) is 1. The first-order valence-corrected chi connectivity index (χ1v) is 7.32. The predicted molar refractivity (Wildman–Crippen MR) is 74.3 cm³/mol. The van der Waals surface area contributed by atoms with Crippen molar-refractivity contribution in [3.8, 4) is 0 Å². The van der Waals surface area contributed by atoms with Gasteiger partial charge in [0.05, 0.1) is 6.10 Å². The molecule has 0 heterocycles. The van der Waals surface area contributed by atoms with E-state index in [1.165, 1.54) is 25.7 Å². The van der Waals surface area contributed by atoms with Crippen molar-refractivity contribution in [2.75, 3.05) is 13.2 Å². The van der Waals surface area contributed by atoms with E-state index in [0.717, 1.165) is 19.1 Å². The third-order valence-electron chi connectivity index (χ3n) is 3.97. The Morgan fingerprint density at radius 2 is 2.06 bits per heavy atom. The number of hydrogen-bond acceptors (Lipinski definition) is 2. The van der Waals surface area contributed by atoms with E-state index in [4.69, 9.17) is 4.74 Å². The van der Waals surface area contributed by atoms with Crippen molar-refractivity contribution in [1.82, 2.24) is 5.32 Å². The van der Waals surface area contributed by atoms with Crippen LogP contribution in [0.2, 0.25) is 0 Å². The van der Waals surface area contributed by atoms with Crippen molar-refractivity contribution in [1.29, 1.82) is 0 Å². The maximum Gasteiger partial charge on any atom is 0.0733 e. The summed E-state index contributed by atoms with van der Waals surface area (Å²) >= 11 is 0. The van der Waals surface area contributed by atoms with Gasteiger partial charge in [-0.05, 0) is 43.6 Å². The third kappa shape index (κ3) is 4.59. The van der Waals surface area contributed by atoms with Gasteiger partial charge in [0.15, 0.2) is 0 Å². The summed E-state index contributed by atoms with van der Waals surface area (Å²) in [4.78, 5) is 0. The zero-order valence-electron chi connectivity index (χ0n) is 12.4. The second-order valence-electron chi connectivity index (χ2n) is 6.51. The molecule has 0 spiro atoms. The molecule has 0 bridgehead atoms. The summed E-state index contributed by atoms with van der Waals surface area (Å²) in [6.45, 7) is 13.4. The molecule has 2 unspecified atom stereocenters. The van der Waals surface area contributed by atoms with Gasteiger partial charge in [0.1, 0.15) is 0 Å². The molecular formula is C15H31NO. The van der Waals surface area contributed by atoms with Gasteiger partial charge < -0.3 is 10.1 Å². The first kappa shape index (κ1) is 15.0. The molecule has 1 aliphatic carbocycles. The lowest BCUT2D eigenvalue weighted by Crippen LogP contribution is -2.45. The Balaban J connectivity index is 2.32. The van der Waals surface area contributed by atoms with Crippen LogP contribution in [0.5, 0.6) is 0 Å². The first-order valence-electron chi connectivity index (χ1n) is 7.32. The topological polar surface area (TPSA) is 21.3 Å². The van der Waals surface area contributed by atoms with Crippen LogP contribution in [0.3, 0.4) is 0 Å². The first-order chi connectivity index (χ1) is 7.97. The molecule has 1 fully saturated rings. The van der Waals surface area contributed by atoms with Crippen molar-refractivity contribution >= 4 is 0 Å². The average Bonchev–Trinajstić information content (AvgIpc) is 2.51. The highest BCUT2D eigenvalue weighted by Gasteiger charge is 2.41. The molecule has 1 N–H and O–H groups in total. The number of hydrogen-bond donors (Lipinski definition) is 1. The van der Waals surface area contributed by atoms with E-state index in [9.17, 15) is 0 Å². The van der Waals surface area contributed by atoms with E-state index < -0.39 is 0 Å². The van der Waals surface area contributed by atoms with Gasteiger partial charge >= 0.3 is 0 Å². The summed E-state index contributed by atoms with van der Waals surface area (Å²) in [5.74, 6) is 0.795. The monoisotopic (exact) mass is 241 g/mol. The van der Waals surface area contributed by atoms with E-state index in [2.05, 4.69) is 39.9 Å². The van der Waals surface area contributed by atoms with Crippen molar-refractivity contribution in [2.45, 2.75) is 72.4 Å². The quantitative estimate of drug-likeness (QED) is 0.688. The largest absolute Gasteiger partial charge is 0.377 e. The van der Waals surface area contributed by atoms with Crippen LogP contribution >= 0.6 is 0 Å². The SMILES string of the molecule is CCNC1C(OCCCC(C)C)CCC1(C)C. The maximum atomic E-state index is 6.09. The highest BCUT2D eigenvalue weighted by atomic mass is 16.5. The lowest BCUT2D eigenvalue weighted by atomic mass is 9.87. The molecule has 2 nitrogen and oxygen atoms in total. The van der Waals surface area contributed by atoms with Crippen molar-refractivity contribution in [2.24, 2.45) is 11.3 Å². The molecule has 102 valence electrons. The second-order valence-corrected chi connectivity index (χ2v) is 6.51.